The van der Waals surface area contributed by atoms with Gasteiger partial charge in [-0.15, -0.1) is 23.1 Å². The van der Waals surface area contributed by atoms with Gasteiger partial charge >= 0.3 is 0 Å². The van der Waals surface area contributed by atoms with Crippen LogP contribution in [-0.2, 0) is 4.79 Å². The molecule has 0 saturated carbocycles. The third kappa shape index (κ3) is 4.90. The topological polar surface area (TPSA) is 33.5 Å². The van der Waals surface area contributed by atoms with Crippen LogP contribution < -0.4 is 10.2 Å². The number of carbonyl (C=O) groups excluding carboxylic acids is 1. The highest BCUT2D eigenvalue weighted by Gasteiger charge is 2.33. The fourth-order valence-electron chi connectivity index (χ4n) is 3.79. The predicted molar refractivity (Wildman–Crippen MR) is 111 cm³/mol. The Morgan fingerprint density at radius 2 is 2.04 bits per heavy atom. The molecule has 2 heterocycles. The number of quaternary nitrogens is 1. The largest absolute Gasteiger partial charge is 0.347 e. The fraction of sp³-hybridized carbons (Fsp3) is 0.476. The first-order chi connectivity index (χ1) is 12.5. The number of hydrogen-bond donors (Lipinski definition) is 2. The number of thiophene rings is 1. The Morgan fingerprint density at radius 3 is 2.73 bits per heavy atom. The highest BCUT2D eigenvalue weighted by molar-refractivity contribution is 8.00. The van der Waals surface area contributed by atoms with Crippen LogP contribution in [0.5, 0.6) is 0 Å². The van der Waals surface area contributed by atoms with Crippen LogP contribution >= 0.6 is 23.1 Å². The maximum Gasteiger partial charge on any atom is 0.230 e. The monoisotopic (exact) mass is 389 g/mol. The summed E-state index contributed by atoms with van der Waals surface area (Å²) in [7, 11) is 0. The molecule has 0 unspecified atom stereocenters. The molecule has 1 aliphatic rings. The number of rotatable bonds is 7. The second kappa shape index (κ2) is 9.07. The molecule has 2 aromatic rings. The van der Waals surface area contributed by atoms with Gasteiger partial charge in [-0.05, 0) is 43.8 Å². The zero-order chi connectivity index (χ0) is 18.5. The molecule has 0 bridgehead atoms. The van der Waals surface area contributed by atoms with E-state index in [9.17, 15) is 4.79 Å². The summed E-state index contributed by atoms with van der Waals surface area (Å²) >= 11 is 3.45. The van der Waals surface area contributed by atoms with E-state index in [-0.39, 0.29) is 11.9 Å². The Morgan fingerprint density at radius 1 is 1.27 bits per heavy atom. The lowest BCUT2D eigenvalue weighted by molar-refractivity contribution is -0.920. The number of thioether (sulfide) groups is 1. The number of aryl methyl sites for hydroxylation is 2. The van der Waals surface area contributed by atoms with Crippen LogP contribution in [0.3, 0.4) is 0 Å². The van der Waals surface area contributed by atoms with Crippen molar-refractivity contribution >= 4 is 29.0 Å². The lowest BCUT2D eigenvalue weighted by Gasteiger charge is -2.29. The second-order valence-electron chi connectivity index (χ2n) is 7.27. The quantitative estimate of drug-likeness (QED) is 0.712. The SMILES string of the molecule is Cc1ccc(C)c(SCC(=O)N[C@@H](C)[C@H](c2cccs2)[NH+]2CCCC2)c1. The number of nitrogens with one attached hydrogen (secondary N) is 2. The first-order valence-electron chi connectivity index (χ1n) is 9.42. The molecule has 3 rings (SSSR count). The molecule has 140 valence electrons. The summed E-state index contributed by atoms with van der Waals surface area (Å²) in [6.45, 7) is 8.78. The van der Waals surface area contributed by atoms with E-state index < -0.39 is 0 Å². The first kappa shape index (κ1) is 19.5. The third-order valence-corrected chi connectivity index (χ3v) is 7.24. The Labute approximate surface area is 165 Å². The van der Waals surface area contributed by atoms with Crippen molar-refractivity contribution in [2.45, 2.75) is 50.6 Å². The van der Waals surface area contributed by atoms with E-state index in [1.54, 1.807) is 16.7 Å². The smallest absolute Gasteiger partial charge is 0.230 e. The van der Waals surface area contributed by atoms with Crippen molar-refractivity contribution in [1.29, 1.82) is 0 Å². The number of likely N-dealkylation sites (tertiary alicyclic amines) is 1. The van der Waals surface area contributed by atoms with Crippen molar-refractivity contribution in [3.8, 4) is 0 Å². The number of hydrogen-bond acceptors (Lipinski definition) is 3. The number of benzene rings is 1. The Kier molecular flexibility index (Phi) is 6.79. The van der Waals surface area contributed by atoms with Gasteiger partial charge in [-0.25, -0.2) is 0 Å². The molecular weight excluding hydrogens is 360 g/mol. The van der Waals surface area contributed by atoms with Crippen molar-refractivity contribution in [2.24, 2.45) is 0 Å². The van der Waals surface area contributed by atoms with Gasteiger partial charge in [0.05, 0.1) is 29.8 Å². The summed E-state index contributed by atoms with van der Waals surface area (Å²) in [5.41, 5.74) is 2.47. The van der Waals surface area contributed by atoms with Gasteiger partial charge in [-0.1, -0.05) is 23.8 Å². The van der Waals surface area contributed by atoms with E-state index in [0.29, 0.717) is 11.8 Å². The lowest BCUT2D eigenvalue weighted by atomic mass is 10.1. The summed E-state index contributed by atoms with van der Waals surface area (Å²) in [5.74, 6) is 0.602. The molecule has 1 fully saturated rings. The van der Waals surface area contributed by atoms with Gasteiger partial charge in [0.25, 0.3) is 0 Å². The molecule has 1 saturated heterocycles. The summed E-state index contributed by atoms with van der Waals surface area (Å²) in [4.78, 5) is 16.8. The van der Waals surface area contributed by atoms with Crippen LogP contribution in [0.2, 0.25) is 0 Å². The van der Waals surface area contributed by atoms with E-state index in [1.165, 1.54) is 46.8 Å². The van der Waals surface area contributed by atoms with E-state index in [0.717, 1.165) is 0 Å². The maximum absolute atomic E-state index is 12.6. The molecule has 0 radical (unpaired) electrons. The summed E-state index contributed by atoms with van der Waals surface area (Å²) in [6.07, 6.45) is 2.58. The highest BCUT2D eigenvalue weighted by atomic mass is 32.2. The minimum atomic E-state index is 0.128. The lowest BCUT2D eigenvalue weighted by Crippen LogP contribution is -3.11. The van der Waals surface area contributed by atoms with Crippen LogP contribution in [0.4, 0.5) is 0 Å². The van der Waals surface area contributed by atoms with Gasteiger partial charge in [0.2, 0.25) is 5.91 Å². The summed E-state index contributed by atoms with van der Waals surface area (Å²) < 4.78 is 0. The molecule has 0 spiro atoms. The third-order valence-electron chi connectivity index (χ3n) is 5.13. The van der Waals surface area contributed by atoms with E-state index in [2.05, 4.69) is 61.8 Å². The summed E-state index contributed by atoms with van der Waals surface area (Å²) in [5, 5.41) is 5.42. The van der Waals surface area contributed by atoms with Crippen molar-refractivity contribution < 1.29 is 9.69 Å². The molecule has 1 aromatic carbocycles. The van der Waals surface area contributed by atoms with E-state index >= 15 is 0 Å². The van der Waals surface area contributed by atoms with Crippen LogP contribution in [0.1, 0.15) is 41.8 Å². The summed E-state index contributed by atoms with van der Waals surface area (Å²) in [6, 6.07) is 11.3. The van der Waals surface area contributed by atoms with Crippen LogP contribution in [0.25, 0.3) is 0 Å². The van der Waals surface area contributed by atoms with E-state index in [4.69, 9.17) is 0 Å². The van der Waals surface area contributed by atoms with Gasteiger partial charge in [0.1, 0.15) is 6.04 Å². The van der Waals surface area contributed by atoms with E-state index in [1.807, 2.05) is 11.3 Å². The zero-order valence-corrected chi connectivity index (χ0v) is 17.5. The fourth-order valence-corrected chi connectivity index (χ4v) is 5.72. The van der Waals surface area contributed by atoms with Gasteiger partial charge < -0.3 is 10.2 Å². The van der Waals surface area contributed by atoms with Crippen molar-refractivity contribution in [2.75, 3.05) is 18.8 Å². The van der Waals surface area contributed by atoms with Crippen LogP contribution in [0.15, 0.2) is 40.6 Å². The molecule has 1 aromatic heterocycles. The maximum atomic E-state index is 12.6. The molecule has 26 heavy (non-hydrogen) atoms. The first-order valence-corrected chi connectivity index (χ1v) is 11.3. The van der Waals surface area contributed by atoms with Crippen molar-refractivity contribution in [3.05, 3.63) is 51.7 Å². The number of carbonyl (C=O) groups is 1. The van der Waals surface area contributed by atoms with Gasteiger partial charge in [-0.3, -0.25) is 4.79 Å². The molecular formula is C21H29N2OS2+. The Hall–Kier alpha value is -1.30. The minimum Gasteiger partial charge on any atom is -0.347 e. The Balaban J connectivity index is 1.60. The van der Waals surface area contributed by atoms with Crippen molar-refractivity contribution in [1.82, 2.24) is 5.32 Å². The minimum absolute atomic E-state index is 0.128. The molecule has 0 aliphatic carbocycles. The van der Waals surface area contributed by atoms with Crippen molar-refractivity contribution in [3.63, 3.8) is 0 Å². The Bertz CT molecular complexity index is 724. The predicted octanol–water partition coefficient (Wildman–Crippen LogP) is 3.38. The van der Waals surface area contributed by atoms with Gasteiger partial charge in [-0.2, -0.15) is 0 Å². The number of amides is 1. The highest BCUT2D eigenvalue weighted by Crippen LogP contribution is 2.24. The second-order valence-corrected chi connectivity index (χ2v) is 9.27. The molecule has 2 N–H and O–H groups in total. The molecule has 2 atom stereocenters. The average Bonchev–Trinajstić information content (AvgIpc) is 3.30. The van der Waals surface area contributed by atoms with Crippen LogP contribution in [0, 0.1) is 13.8 Å². The average molecular weight is 390 g/mol. The molecule has 1 amide bonds. The van der Waals surface area contributed by atoms with Gasteiger partial charge in [0.15, 0.2) is 0 Å². The normalized spacial score (nSPS) is 17.2. The molecule has 3 nitrogen and oxygen atoms in total. The zero-order valence-electron chi connectivity index (χ0n) is 15.9. The molecule has 5 heteroatoms. The standard InChI is InChI=1S/C21H28N2OS2/c1-15-8-9-16(2)19(13-15)26-14-20(24)22-17(3)21(18-7-6-12-25-18)23-10-4-5-11-23/h6-9,12-13,17,21H,4-5,10-11,14H2,1-3H3,(H,22,24)/p+1/t17-,21+/m0/s1. The van der Waals surface area contributed by atoms with Crippen LogP contribution in [-0.4, -0.2) is 30.8 Å². The van der Waals surface area contributed by atoms with Gasteiger partial charge in [0, 0.05) is 17.7 Å². The molecule has 1 aliphatic heterocycles.